The molecule has 3 aromatic rings. The van der Waals surface area contributed by atoms with E-state index >= 15 is 0 Å². The molecule has 0 N–H and O–H groups in total. The fourth-order valence-electron chi connectivity index (χ4n) is 2.53. The Labute approximate surface area is 126 Å². The van der Waals surface area contributed by atoms with Crippen molar-refractivity contribution >= 4 is 17.0 Å². The van der Waals surface area contributed by atoms with Crippen LogP contribution in [0.5, 0.6) is 11.5 Å². The van der Waals surface area contributed by atoms with E-state index in [2.05, 4.69) is 0 Å². The van der Waals surface area contributed by atoms with Gasteiger partial charge in [0.15, 0.2) is 11.5 Å². The number of carbonyl (C=O) groups excluding carboxylic acids is 1. The molecular formula is C17H13NO4. The zero-order valence-electron chi connectivity index (χ0n) is 11.7. The Bertz CT molecular complexity index is 838. The largest absolute Gasteiger partial charge is 0.454 e. The van der Waals surface area contributed by atoms with E-state index in [4.69, 9.17) is 14.2 Å². The Morgan fingerprint density at radius 2 is 1.95 bits per heavy atom. The van der Waals surface area contributed by atoms with Crippen molar-refractivity contribution < 1.29 is 19.0 Å². The van der Waals surface area contributed by atoms with E-state index in [9.17, 15) is 4.79 Å². The lowest BCUT2D eigenvalue weighted by Crippen LogP contribution is -2.12. The zero-order chi connectivity index (χ0) is 14.9. The van der Waals surface area contributed by atoms with Crippen LogP contribution in [0.2, 0.25) is 0 Å². The predicted octanol–water partition coefficient (Wildman–Crippen LogP) is 3.55. The van der Waals surface area contributed by atoms with Crippen LogP contribution in [0.1, 0.15) is 5.56 Å². The molecule has 0 saturated carbocycles. The average molecular weight is 295 g/mol. The number of aromatic nitrogens is 1. The van der Waals surface area contributed by atoms with Crippen molar-refractivity contribution in [2.24, 2.45) is 0 Å². The lowest BCUT2D eigenvalue weighted by Gasteiger charge is -2.08. The number of hydrogen-bond donors (Lipinski definition) is 0. The number of rotatable bonds is 2. The van der Waals surface area contributed by atoms with Crippen LogP contribution in [0.15, 0.2) is 54.7 Å². The van der Waals surface area contributed by atoms with Gasteiger partial charge in [0.2, 0.25) is 6.79 Å². The summed E-state index contributed by atoms with van der Waals surface area (Å²) in [7, 11) is 0. The number of ether oxygens (including phenoxy) is 3. The van der Waals surface area contributed by atoms with Gasteiger partial charge in [-0.05, 0) is 23.8 Å². The Morgan fingerprint density at radius 1 is 1.09 bits per heavy atom. The second-order valence-electron chi connectivity index (χ2n) is 4.96. The molecule has 1 aliphatic heterocycles. The number of hydrogen-bond acceptors (Lipinski definition) is 4. The number of nitrogens with zero attached hydrogens (tertiary/aromatic N) is 1. The fraction of sp³-hybridized carbons (Fsp3) is 0.118. The van der Waals surface area contributed by atoms with Gasteiger partial charge in [-0.3, -0.25) is 0 Å². The molecule has 1 aromatic heterocycles. The Kier molecular flexibility index (Phi) is 2.96. The predicted molar refractivity (Wildman–Crippen MR) is 80.1 cm³/mol. The summed E-state index contributed by atoms with van der Waals surface area (Å²) in [5.41, 5.74) is 1.62. The minimum Gasteiger partial charge on any atom is -0.454 e. The van der Waals surface area contributed by atoms with Gasteiger partial charge in [0.1, 0.15) is 12.1 Å². The summed E-state index contributed by atoms with van der Waals surface area (Å²) < 4.78 is 17.6. The third-order valence-corrected chi connectivity index (χ3v) is 3.59. The maximum atomic E-state index is 12.3. The van der Waals surface area contributed by atoms with Crippen molar-refractivity contribution in [2.45, 2.75) is 6.61 Å². The Morgan fingerprint density at radius 3 is 2.82 bits per heavy atom. The quantitative estimate of drug-likeness (QED) is 0.725. The summed E-state index contributed by atoms with van der Waals surface area (Å²) in [6, 6.07) is 15.1. The molecule has 0 aliphatic carbocycles. The first kappa shape index (κ1) is 12.8. The molecule has 0 bridgehead atoms. The summed E-state index contributed by atoms with van der Waals surface area (Å²) in [5.74, 6) is 1.22. The van der Waals surface area contributed by atoms with Crippen LogP contribution in [0, 0.1) is 0 Å². The molecular weight excluding hydrogens is 282 g/mol. The van der Waals surface area contributed by atoms with E-state index in [1.165, 1.54) is 4.57 Å². The number of fused-ring (bicyclic) bond motifs is 3. The van der Waals surface area contributed by atoms with Crippen LogP contribution in [0.25, 0.3) is 10.9 Å². The molecule has 2 aromatic carbocycles. The van der Waals surface area contributed by atoms with E-state index in [-0.39, 0.29) is 13.4 Å². The first-order chi connectivity index (χ1) is 10.8. The van der Waals surface area contributed by atoms with Gasteiger partial charge in [0.25, 0.3) is 0 Å². The minimum absolute atomic E-state index is 0.165. The highest BCUT2D eigenvalue weighted by Crippen LogP contribution is 2.39. The minimum atomic E-state index is -0.442. The van der Waals surface area contributed by atoms with Gasteiger partial charge < -0.3 is 14.2 Å². The SMILES string of the molecule is O=C(OCc1ccccc1)n1ccc2ccc3c(c21)OCO3. The van der Waals surface area contributed by atoms with Crippen molar-refractivity contribution in [2.75, 3.05) is 6.79 Å². The highest BCUT2D eigenvalue weighted by atomic mass is 16.7. The van der Waals surface area contributed by atoms with Gasteiger partial charge in [0.05, 0.1) is 0 Å². The molecule has 0 unspecified atom stereocenters. The van der Waals surface area contributed by atoms with E-state index < -0.39 is 6.09 Å². The van der Waals surface area contributed by atoms with Gasteiger partial charge in [0, 0.05) is 11.6 Å². The van der Waals surface area contributed by atoms with Crippen LogP contribution in [0.4, 0.5) is 4.79 Å². The molecule has 1 aliphatic rings. The molecule has 22 heavy (non-hydrogen) atoms. The van der Waals surface area contributed by atoms with Crippen LogP contribution < -0.4 is 9.47 Å². The van der Waals surface area contributed by atoms with Crippen molar-refractivity contribution in [3.8, 4) is 11.5 Å². The maximum Gasteiger partial charge on any atom is 0.418 e. The van der Waals surface area contributed by atoms with Crippen LogP contribution in [-0.4, -0.2) is 17.5 Å². The summed E-state index contributed by atoms with van der Waals surface area (Å²) >= 11 is 0. The Hall–Kier alpha value is -2.95. The number of carbonyl (C=O) groups is 1. The van der Waals surface area contributed by atoms with Gasteiger partial charge in [-0.25, -0.2) is 9.36 Å². The standard InChI is InChI=1S/C17H13NO4/c19-17(20-10-12-4-2-1-3-5-12)18-9-8-13-6-7-14-16(15(13)18)22-11-21-14/h1-9H,10-11H2. The molecule has 2 heterocycles. The van der Waals surface area contributed by atoms with Gasteiger partial charge in [-0.15, -0.1) is 0 Å². The topological polar surface area (TPSA) is 49.7 Å². The van der Waals surface area contributed by atoms with E-state index in [0.29, 0.717) is 17.0 Å². The second-order valence-corrected chi connectivity index (χ2v) is 4.96. The lowest BCUT2D eigenvalue weighted by molar-refractivity contribution is 0.142. The van der Waals surface area contributed by atoms with Crippen LogP contribution in [0.3, 0.4) is 0 Å². The van der Waals surface area contributed by atoms with Crippen molar-refractivity contribution in [1.29, 1.82) is 0 Å². The first-order valence-electron chi connectivity index (χ1n) is 6.93. The maximum absolute atomic E-state index is 12.3. The summed E-state index contributed by atoms with van der Waals surface area (Å²) in [4.78, 5) is 12.3. The molecule has 4 rings (SSSR count). The molecule has 0 fully saturated rings. The van der Waals surface area contributed by atoms with Crippen LogP contribution in [-0.2, 0) is 11.3 Å². The molecule has 0 atom stereocenters. The van der Waals surface area contributed by atoms with Crippen LogP contribution >= 0.6 is 0 Å². The molecule has 0 radical (unpaired) electrons. The van der Waals surface area contributed by atoms with Crippen molar-refractivity contribution in [3.05, 3.63) is 60.3 Å². The molecule has 0 spiro atoms. The molecule has 5 heteroatoms. The highest BCUT2D eigenvalue weighted by Gasteiger charge is 2.22. The number of benzene rings is 2. The third-order valence-electron chi connectivity index (χ3n) is 3.59. The van der Waals surface area contributed by atoms with E-state index in [0.717, 1.165) is 10.9 Å². The van der Waals surface area contributed by atoms with Crippen molar-refractivity contribution in [1.82, 2.24) is 4.57 Å². The average Bonchev–Trinajstić information content (AvgIpc) is 3.19. The van der Waals surface area contributed by atoms with E-state index in [1.807, 2.05) is 48.5 Å². The van der Waals surface area contributed by atoms with Gasteiger partial charge >= 0.3 is 6.09 Å². The Balaban J connectivity index is 1.64. The summed E-state index contributed by atoms with van der Waals surface area (Å²) in [6.07, 6.45) is 1.24. The zero-order valence-corrected chi connectivity index (χ0v) is 11.7. The molecule has 0 saturated heterocycles. The smallest absolute Gasteiger partial charge is 0.418 e. The molecule has 5 nitrogen and oxygen atoms in total. The normalized spacial score (nSPS) is 12.5. The fourth-order valence-corrected chi connectivity index (χ4v) is 2.53. The van der Waals surface area contributed by atoms with E-state index in [1.54, 1.807) is 6.20 Å². The third kappa shape index (κ3) is 2.07. The molecule has 110 valence electrons. The molecule has 0 amide bonds. The second kappa shape index (κ2) is 5.11. The van der Waals surface area contributed by atoms with Gasteiger partial charge in [-0.1, -0.05) is 30.3 Å². The monoisotopic (exact) mass is 295 g/mol. The highest BCUT2D eigenvalue weighted by molar-refractivity contribution is 5.95. The first-order valence-corrected chi connectivity index (χ1v) is 6.93. The lowest BCUT2D eigenvalue weighted by atomic mass is 10.2. The van der Waals surface area contributed by atoms with Crippen molar-refractivity contribution in [3.63, 3.8) is 0 Å². The van der Waals surface area contributed by atoms with Gasteiger partial charge in [-0.2, -0.15) is 0 Å². The summed E-state index contributed by atoms with van der Waals surface area (Å²) in [6.45, 7) is 0.393. The summed E-state index contributed by atoms with van der Waals surface area (Å²) in [5, 5.41) is 0.904.